The highest BCUT2D eigenvalue weighted by Gasteiger charge is 2.14. The predicted molar refractivity (Wildman–Crippen MR) is 86.8 cm³/mol. The number of pyridine rings is 1. The van der Waals surface area contributed by atoms with Crippen LogP contribution in [-0.2, 0) is 6.54 Å². The summed E-state index contributed by atoms with van der Waals surface area (Å²) < 4.78 is 10.7. The van der Waals surface area contributed by atoms with Gasteiger partial charge in [-0.1, -0.05) is 0 Å². The van der Waals surface area contributed by atoms with Crippen LogP contribution in [0.25, 0.3) is 22.8 Å². The predicted octanol–water partition coefficient (Wildman–Crippen LogP) is 3.40. The topological polar surface area (TPSA) is 89.9 Å². The van der Waals surface area contributed by atoms with Crippen LogP contribution in [0.15, 0.2) is 70.2 Å². The lowest BCUT2D eigenvalue weighted by molar-refractivity contribution is 0.517. The molecule has 0 aliphatic carbocycles. The van der Waals surface area contributed by atoms with Gasteiger partial charge < -0.3 is 14.2 Å². The van der Waals surface area contributed by atoms with Gasteiger partial charge in [-0.25, -0.2) is 4.98 Å². The molecule has 0 bridgehead atoms. The van der Waals surface area contributed by atoms with E-state index in [1.807, 2.05) is 24.3 Å². The third kappa shape index (κ3) is 2.87. The third-order valence-electron chi connectivity index (χ3n) is 3.39. The van der Waals surface area contributed by atoms with E-state index in [4.69, 9.17) is 8.83 Å². The molecule has 24 heavy (non-hydrogen) atoms. The van der Waals surface area contributed by atoms with Crippen molar-refractivity contribution in [3.63, 3.8) is 0 Å². The fraction of sp³-hybridized carbons (Fsp3) is 0.0588. The van der Waals surface area contributed by atoms with Gasteiger partial charge in [-0.3, -0.25) is 4.98 Å². The molecule has 0 radical (unpaired) electrons. The van der Waals surface area contributed by atoms with Crippen LogP contribution in [0.5, 0.6) is 0 Å². The van der Waals surface area contributed by atoms with E-state index < -0.39 is 0 Å². The maximum Gasteiger partial charge on any atom is 0.219 e. The van der Waals surface area contributed by atoms with Crippen molar-refractivity contribution in [2.75, 3.05) is 5.32 Å². The monoisotopic (exact) mass is 319 g/mol. The molecule has 0 atom stereocenters. The Morgan fingerprint density at radius 1 is 0.917 bits per heavy atom. The molecule has 4 heterocycles. The second-order valence-corrected chi connectivity index (χ2v) is 4.98. The van der Waals surface area contributed by atoms with Gasteiger partial charge in [0.15, 0.2) is 11.6 Å². The number of furan rings is 2. The molecule has 0 aliphatic heterocycles. The van der Waals surface area contributed by atoms with Crippen molar-refractivity contribution in [2.24, 2.45) is 0 Å². The zero-order valence-corrected chi connectivity index (χ0v) is 12.6. The number of nitrogens with one attached hydrogen (secondary N) is 1. The van der Waals surface area contributed by atoms with Gasteiger partial charge in [0.2, 0.25) is 5.82 Å². The van der Waals surface area contributed by atoms with Crippen LogP contribution < -0.4 is 5.32 Å². The molecular formula is C17H13N5O2. The van der Waals surface area contributed by atoms with Crippen LogP contribution >= 0.6 is 0 Å². The van der Waals surface area contributed by atoms with Gasteiger partial charge in [0.1, 0.15) is 11.5 Å². The van der Waals surface area contributed by atoms with Crippen molar-refractivity contribution in [3.8, 4) is 22.8 Å². The molecule has 0 unspecified atom stereocenters. The van der Waals surface area contributed by atoms with Gasteiger partial charge in [0.05, 0.1) is 19.1 Å². The lowest BCUT2D eigenvalue weighted by Gasteiger charge is -2.09. The van der Waals surface area contributed by atoms with Crippen LogP contribution in [-0.4, -0.2) is 20.2 Å². The summed E-state index contributed by atoms with van der Waals surface area (Å²) in [6.45, 7) is 0.487. The first-order valence-corrected chi connectivity index (χ1v) is 7.35. The number of anilines is 1. The van der Waals surface area contributed by atoms with E-state index >= 15 is 0 Å². The van der Waals surface area contributed by atoms with Crippen molar-refractivity contribution >= 4 is 5.82 Å². The normalized spacial score (nSPS) is 10.7. The number of nitrogens with zero attached hydrogens (tertiary/aromatic N) is 4. The number of hydrogen-bond acceptors (Lipinski definition) is 7. The quantitative estimate of drug-likeness (QED) is 0.603. The van der Waals surface area contributed by atoms with Crippen LogP contribution in [0.3, 0.4) is 0 Å². The molecule has 1 N–H and O–H groups in total. The maximum absolute atomic E-state index is 5.35. The Kier molecular flexibility index (Phi) is 3.73. The molecule has 7 heteroatoms. The molecule has 0 spiro atoms. The Hall–Kier alpha value is -3.48. The van der Waals surface area contributed by atoms with E-state index in [2.05, 4.69) is 25.5 Å². The van der Waals surface area contributed by atoms with E-state index in [1.165, 1.54) is 0 Å². The molecule has 4 aromatic heterocycles. The fourth-order valence-corrected chi connectivity index (χ4v) is 2.25. The molecule has 4 aromatic rings. The summed E-state index contributed by atoms with van der Waals surface area (Å²) in [7, 11) is 0. The molecule has 4 rings (SSSR count). The minimum Gasteiger partial charge on any atom is -0.467 e. The summed E-state index contributed by atoms with van der Waals surface area (Å²) in [6.07, 6.45) is 6.61. The first kappa shape index (κ1) is 14.1. The van der Waals surface area contributed by atoms with Crippen molar-refractivity contribution in [2.45, 2.75) is 6.54 Å². The van der Waals surface area contributed by atoms with E-state index in [1.54, 1.807) is 37.1 Å². The zero-order chi connectivity index (χ0) is 16.2. The standard InChI is InChI=1S/C17H13N5O2/c1-3-13(23-9-1)11-19-17-15(12-5-7-18-8-6-12)21-22-16(20-17)14-4-2-10-24-14/h1-10H,11H2,(H,19,20,22). The SMILES string of the molecule is c1coc(CNc2nc(-c3ccco3)nnc2-c2ccncc2)c1. The van der Waals surface area contributed by atoms with Gasteiger partial charge >= 0.3 is 0 Å². The minimum atomic E-state index is 0.416. The Labute approximate surface area is 137 Å². The van der Waals surface area contributed by atoms with Crippen molar-refractivity contribution in [1.29, 1.82) is 0 Å². The summed E-state index contributed by atoms with van der Waals surface area (Å²) >= 11 is 0. The summed E-state index contributed by atoms with van der Waals surface area (Å²) in [5.41, 5.74) is 1.51. The minimum absolute atomic E-state index is 0.416. The largest absolute Gasteiger partial charge is 0.467 e. The molecule has 118 valence electrons. The second kappa shape index (κ2) is 6.33. The lowest BCUT2D eigenvalue weighted by Crippen LogP contribution is -2.06. The van der Waals surface area contributed by atoms with E-state index in [0.29, 0.717) is 29.6 Å². The molecule has 0 amide bonds. The summed E-state index contributed by atoms with van der Waals surface area (Å²) in [6, 6.07) is 11.0. The smallest absolute Gasteiger partial charge is 0.219 e. The summed E-state index contributed by atoms with van der Waals surface area (Å²) in [4.78, 5) is 8.58. The van der Waals surface area contributed by atoms with Crippen LogP contribution in [0.1, 0.15) is 5.76 Å². The van der Waals surface area contributed by atoms with Crippen molar-refractivity contribution in [1.82, 2.24) is 20.2 Å². The number of rotatable bonds is 5. The molecule has 0 fully saturated rings. The van der Waals surface area contributed by atoms with Crippen molar-refractivity contribution in [3.05, 3.63) is 67.1 Å². The molecule has 7 nitrogen and oxygen atoms in total. The van der Waals surface area contributed by atoms with Crippen LogP contribution in [0, 0.1) is 0 Å². The van der Waals surface area contributed by atoms with Crippen LogP contribution in [0.4, 0.5) is 5.82 Å². The Balaban J connectivity index is 1.72. The van der Waals surface area contributed by atoms with Crippen molar-refractivity contribution < 1.29 is 8.83 Å². The fourth-order valence-electron chi connectivity index (χ4n) is 2.25. The van der Waals surface area contributed by atoms with E-state index in [-0.39, 0.29) is 0 Å². The number of aromatic nitrogens is 4. The van der Waals surface area contributed by atoms with Crippen LogP contribution in [0.2, 0.25) is 0 Å². The highest BCUT2D eigenvalue weighted by molar-refractivity contribution is 5.71. The maximum atomic E-state index is 5.35. The molecule has 0 aromatic carbocycles. The van der Waals surface area contributed by atoms with E-state index in [0.717, 1.165) is 11.3 Å². The molecular weight excluding hydrogens is 306 g/mol. The van der Waals surface area contributed by atoms with Gasteiger partial charge in [0.25, 0.3) is 0 Å². The number of hydrogen-bond donors (Lipinski definition) is 1. The van der Waals surface area contributed by atoms with Gasteiger partial charge in [0, 0.05) is 18.0 Å². The average Bonchev–Trinajstić information content (AvgIpc) is 3.34. The van der Waals surface area contributed by atoms with Gasteiger partial charge in [-0.15, -0.1) is 10.2 Å². The Bertz CT molecular complexity index is 906. The molecule has 0 saturated heterocycles. The van der Waals surface area contributed by atoms with Gasteiger partial charge in [-0.2, -0.15) is 0 Å². The highest BCUT2D eigenvalue weighted by Crippen LogP contribution is 2.26. The molecule has 0 aliphatic rings. The lowest BCUT2D eigenvalue weighted by atomic mass is 10.2. The summed E-state index contributed by atoms with van der Waals surface area (Å²) in [5.74, 6) is 2.37. The Morgan fingerprint density at radius 3 is 2.50 bits per heavy atom. The molecule has 0 saturated carbocycles. The summed E-state index contributed by atoms with van der Waals surface area (Å²) in [5, 5.41) is 11.7. The average molecular weight is 319 g/mol. The second-order valence-electron chi connectivity index (χ2n) is 4.98. The first-order chi connectivity index (χ1) is 11.9. The van der Waals surface area contributed by atoms with Gasteiger partial charge in [-0.05, 0) is 36.4 Å². The first-order valence-electron chi connectivity index (χ1n) is 7.35. The van der Waals surface area contributed by atoms with E-state index in [9.17, 15) is 0 Å². The Morgan fingerprint density at radius 2 is 1.75 bits per heavy atom. The zero-order valence-electron chi connectivity index (χ0n) is 12.6. The highest BCUT2D eigenvalue weighted by atomic mass is 16.3. The third-order valence-corrected chi connectivity index (χ3v) is 3.39.